The molecule has 0 bridgehead atoms. The van der Waals surface area contributed by atoms with Crippen LogP contribution in [-0.2, 0) is 10.5 Å². The molecular weight excluding hydrogens is 378 g/mol. The van der Waals surface area contributed by atoms with Crippen molar-refractivity contribution < 1.29 is 4.79 Å². The first kappa shape index (κ1) is 19.6. The molecule has 7 heteroatoms. The molecule has 2 aromatic heterocycles. The summed E-state index contributed by atoms with van der Waals surface area (Å²) in [6, 6.07) is 9.76. The number of thiophene rings is 1. The van der Waals surface area contributed by atoms with E-state index in [0.29, 0.717) is 22.7 Å². The normalized spacial score (nSPS) is 11.3. The van der Waals surface area contributed by atoms with Crippen LogP contribution in [0.15, 0.2) is 35.1 Å². The number of para-hydroxylation sites is 1. The average molecular weight is 402 g/mol. The van der Waals surface area contributed by atoms with Gasteiger partial charge >= 0.3 is 0 Å². The molecule has 3 aromatic rings. The SMILES string of the molecule is Cc1sc2nc(CSCC(=O)N(c3ccccc3)C(C)C)[nH]c(=O)c2c1C. The summed E-state index contributed by atoms with van der Waals surface area (Å²) in [5.74, 6) is 1.49. The zero-order chi connectivity index (χ0) is 19.6. The quantitative estimate of drug-likeness (QED) is 0.670. The first-order valence-electron chi connectivity index (χ1n) is 8.82. The van der Waals surface area contributed by atoms with Gasteiger partial charge in [0.05, 0.1) is 16.9 Å². The maximum Gasteiger partial charge on any atom is 0.259 e. The molecule has 0 saturated carbocycles. The molecule has 0 atom stereocenters. The number of hydrogen-bond donors (Lipinski definition) is 1. The van der Waals surface area contributed by atoms with Crippen LogP contribution < -0.4 is 10.5 Å². The van der Waals surface area contributed by atoms with E-state index in [2.05, 4.69) is 9.97 Å². The van der Waals surface area contributed by atoms with Crippen LogP contribution in [-0.4, -0.2) is 27.7 Å². The molecule has 2 heterocycles. The number of anilines is 1. The number of aromatic nitrogens is 2. The highest BCUT2D eigenvalue weighted by atomic mass is 32.2. The van der Waals surface area contributed by atoms with Crippen LogP contribution in [0, 0.1) is 13.8 Å². The molecular formula is C20H23N3O2S2. The number of hydrogen-bond acceptors (Lipinski definition) is 5. The van der Waals surface area contributed by atoms with Crippen molar-refractivity contribution in [1.29, 1.82) is 0 Å². The number of nitrogens with zero attached hydrogens (tertiary/aromatic N) is 2. The first-order valence-corrected chi connectivity index (χ1v) is 10.8. The van der Waals surface area contributed by atoms with Gasteiger partial charge in [0.25, 0.3) is 5.56 Å². The standard InChI is InChI=1S/C20H23N3O2S2/c1-12(2)23(15-8-6-5-7-9-15)17(24)11-26-10-16-21-19(25)18-13(3)14(4)27-20(18)22-16/h5-9,12H,10-11H2,1-4H3,(H,21,22,25). The summed E-state index contributed by atoms with van der Waals surface area (Å²) < 4.78 is 0. The Morgan fingerprint density at radius 2 is 1.96 bits per heavy atom. The largest absolute Gasteiger partial charge is 0.309 e. The van der Waals surface area contributed by atoms with E-state index >= 15 is 0 Å². The van der Waals surface area contributed by atoms with E-state index in [1.165, 1.54) is 23.1 Å². The van der Waals surface area contributed by atoms with E-state index < -0.39 is 0 Å². The predicted molar refractivity (Wildman–Crippen MR) is 115 cm³/mol. The summed E-state index contributed by atoms with van der Waals surface area (Å²) >= 11 is 3.00. The molecule has 1 N–H and O–H groups in total. The van der Waals surface area contributed by atoms with Crippen molar-refractivity contribution in [1.82, 2.24) is 9.97 Å². The number of H-pyrrole nitrogens is 1. The maximum atomic E-state index is 12.7. The molecule has 27 heavy (non-hydrogen) atoms. The van der Waals surface area contributed by atoms with E-state index in [4.69, 9.17) is 0 Å². The van der Waals surface area contributed by atoms with Crippen LogP contribution in [0.5, 0.6) is 0 Å². The average Bonchev–Trinajstić information content (AvgIpc) is 2.90. The van der Waals surface area contributed by atoms with Gasteiger partial charge < -0.3 is 9.88 Å². The second-order valence-corrected chi connectivity index (χ2v) is 8.85. The van der Waals surface area contributed by atoms with E-state index in [1.54, 1.807) is 4.90 Å². The van der Waals surface area contributed by atoms with E-state index in [1.807, 2.05) is 58.0 Å². The number of rotatable bonds is 6. The maximum absolute atomic E-state index is 12.7. The summed E-state index contributed by atoms with van der Waals surface area (Å²) in [7, 11) is 0. The van der Waals surface area contributed by atoms with Crippen molar-refractivity contribution in [3.05, 3.63) is 57.0 Å². The number of benzene rings is 1. The fraction of sp³-hybridized carbons (Fsp3) is 0.350. The van der Waals surface area contributed by atoms with Gasteiger partial charge in [-0.05, 0) is 45.4 Å². The topological polar surface area (TPSA) is 66.1 Å². The first-order chi connectivity index (χ1) is 12.9. The van der Waals surface area contributed by atoms with Gasteiger partial charge in [0.1, 0.15) is 10.7 Å². The molecule has 0 saturated heterocycles. The summed E-state index contributed by atoms with van der Waals surface area (Å²) in [4.78, 5) is 36.2. The highest BCUT2D eigenvalue weighted by Gasteiger charge is 2.19. The lowest BCUT2D eigenvalue weighted by atomic mass is 10.2. The zero-order valence-corrected chi connectivity index (χ0v) is 17.5. The molecule has 0 aliphatic rings. The van der Waals surface area contributed by atoms with Gasteiger partial charge in [-0.25, -0.2) is 4.98 Å². The predicted octanol–water partition coefficient (Wildman–Crippen LogP) is 4.28. The Bertz CT molecular complexity index is 1010. The Balaban J connectivity index is 1.69. The van der Waals surface area contributed by atoms with Gasteiger partial charge in [0.15, 0.2) is 0 Å². The molecule has 0 spiro atoms. The molecule has 0 aliphatic carbocycles. The minimum Gasteiger partial charge on any atom is -0.309 e. The fourth-order valence-electron chi connectivity index (χ4n) is 2.99. The number of thioether (sulfide) groups is 1. The Morgan fingerprint density at radius 3 is 2.63 bits per heavy atom. The summed E-state index contributed by atoms with van der Waals surface area (Å²) in [6.45, 7) is 7.95. The molecule has 1 amide bonds. The smallest absolute Gasteiger partial charge is 0.259 e. The molecule has 0 fully saturated rings. The number of aromatic amines is 1. The Morgan fingerprint density at radius 1 is 1.26 bits per heavy atom. The third-order valence-electron chi connectivity index (χ3n) is 4.37. The molecule has 142 valence electrons. The van der Waals surface area contributed by atoms with Crippen LogP contribution in [0.4, 0.5) is 5.69 Å². The zero-order valence-electron chi connectivity index (χ0n) is 15.9. The van der Waals surface area contributed by atoms with Gasteiger partial charge in [-0.2, -0.15) is 0 Å². The highest BCUT2D eigenvalue weighted by Crippen LogP contribution is 2.26. The van der Waals surface area contributed by atoms with Gasteiger partial charge in [0, 0.05) is 16.6 Å². The van der Waals surface area contributed by atoms with Gasteiger partial charge in [-0.1, -0.05) is 18.2 Å². The number of fused-ring (bicyclic) bond motifs is 1. The van der Waals surface area contributed by atoms with Crippen molar-refractivity contribution in [3.8, 4) is 0 Å². The van der Waals surface area contributed by atoms with Crippen LogP contribution in [0.3, 0.4) is 0 Å². The minimum atomic E-state index is -0.100. The molecule has 3 rings (SSSR count). The second-order valence-electron chi connectivity index (χ2n) is 6.66. The number of amides is 1. The Labute approximate surface area is 166 Å². The fourth-order valence-corrected chi connectivity index (χ4v) is 4.79. The lowest BCUT2D eigenvalue weighted by Crippen LogP contribution is -2.38. The molecule has 0 unspecified atom stereocenters. The van der Waals surface area contributed by atoms with Gasteiger partial charge in [-0.15, -0.1) is 23.1 Å². The summed E-state index contributed by atoms with van der Waals surface area (Å²) in [5, 5.41) is 0.678. The third-order valence-corrected chi connectivity index (χ3v) is 6.40. The minimum absolute atomic E-state index is 0.0486. The third kappa shape index (κ3) is 4.25. The van der Waals surface area contributed by atoms with Crippen LogP contribution in [0.25, 0.3) is 10.2 Å². The number of carbonyl (C=O) groups excluding carboxylic acids is 1. The summed E-state index contributed by atoms with van der Waals surface area (Å²) in [5.41, 5.74) is 1.79. The van der Waals surface area contributed by atoms with E-state index in [9.17, 15) is 9.59 Å². The van der Waals surface area contributed by atoms with Crippen molar-refractivity contribution in [2.45, 2.75) is 39.5 Å². The van der Waals surface area contributed by atoms with Gasteiger partial charge in [-0.3, -0.25) is 9.59 Å². The Hall–Kier alpha value is -2.12. The van der Waals surface area contributed by atoms with Crippen LogP contribution in [0.1, 0.15) is 30.1 Å². The van der Waals surface area contributed by atoms with Crippen molar-refractivity contribution >= 4 is 44.9 Å². The van der Waals surface area contributed by atoms with E-state index in [-0.39, 0.29) is 17.5 Å². The number of nitrogens with one attached hydrogen (secondary N) is 1. The number of carbonyl (C=O) groups is 1. The van der Waals surface area contributed by atoms with Crippen LogP contribution >= 0.6 is 23.1 Å². The Kier molecular flexibility index (Phi) is 6.01. The molecule has 1 aromatic carbocycles. The molecule has 0 aliphatic heterocycles. The van der Waals surface area contributed by atoms with Gasteiger partial charge in [0.2, 0.25) is 5.91 Å². The van der Waals surface area contributed by atoms with Crippen molar-refractivity contribution in [2.24, 2.45) is 0 Å². The number of aryl methyl sites for hydroxylation is 2. The lowest BCUT2D eigenvalue weighted by molar-refractivity contribution is -0.116. The van der Waals surface area contributed by atoms with Crippen molar-refractivity contribution in [2.75, 3.05) is 10.7 Å². The van der Waals surface area contributed by atoms with Crippen molar-refractivity contribution in [3.63, 3.8) is 0 Å². The summed E-state index contributed by atoms with van der Waals surface area (Å²) in [6.07, 6.45) is 0. The molecule has 0 radical (unpaired) electrons. The van der Waals surface area contributed by atoms with Crippen LogP contribution in [0.2, 0.25) is 0 Å². The highest BCUT2D eigenvalue weighted by molar-refractivity contribution is 7.99. The lowest BCUT2D eigenvalue weighted by Gasteiger charge is -2.26. The molecule has 5 nitrogen and oxygen atoms in total. The van der Waals surface area contributed by atoms with E-state index in [0.717, 1.165) is 21.0 Å². The second kappa shape index (κ2) is 8.27. The monoisotopic (exact) mass is 401 g/mol.